The number of carbonyl (C=O) groups is 4. The second kappa shape index (κ2) is 33.6. The van der Waals surface area contributed by atoms with Crippen LogP contribution in [-0.2, 0) is 18.9 Å². The summed E-state index contributed by atoms with van der Waals surface area (Å²) in [6.45, 7) is 16.7. The van der Waals surface area contributed by atoms with Crippen molar-refractivity contribution in [1.82, 2.24) is 39.5 Å². The Hall–Kier alpha value is -6.30. The Balaban J connectivity index is 0.000000122. The van der Waals surface area contributed by atoms with Crippen molar-refractivity contribution in [2.45, 2.75) is 203 Å². The Morgan fingerprint density at radius 1 is 0.491 bits per heavy atom. The van der Waals surface area contributed by atoms with Crippen LogP contribution in [-0.4, -0.2) is 154 Å². The Kier molecular flexibility index (Phi) is 24.6. The maximum atomic E-state index is 14.4. The van der Waals surface area contributed by atoms with Gasteiger partial charge in [0, 0.05) is 98.9 Å². The van der Waals surface area contributed by atoms with Gasteiger partial charge >= 0.3 is 0 Å². The van der Waals surface area contributed by atoms with Crippen LogP contribution in [0.1, 0.15) is 222 Å². The second-order valence-electron chi connectivity index (χ2n) is 34.3. The zero-order valence-corrected chi connectivity index (χ0v) is 67.1. The number of hydrogen-bond acceptors (Lipinski definition) is 10. The van der Waals surface area contributed by atoms with Gasteiger partial charge in [-0.25, -0.2) is 8.78 Å². The average molecular weight is 1590 g/mol. The van der Waals surface area contributed by atoms with Crippen molar-refractivity contribution in [3.8, 4) is 0 Å². The van der Waals surface area contributed by atoms with E-state index in [0.717, 1.165) is 90.1 Å². The van der Waals surface area contributed by atoms with Crippen LogP contribution >= 0.6 is 46.4 Å². The van der Waals surface area contributed by atoms with Crippen LogP contribution in [0.25, 0.3) is 43.6 Å². The SMILES string of the molecule is CC(C)(CNC(=O)c1cn(C2CCOC2)c2cccc(Cl)c12)C1CCCC1.CC1(F)CCC(O)(CNC(=O)c2cn(C3CCOC3)c3cccc(Cl)c23)CC1.CC1CC(O)(CNC(=O)c2cn(C3CCOC3)c3cccc(Cl)c23)CCC1(C)F.O=C(NCC1C[C@@H]2CC[C@H]1C2)c1cn(C2CCOC2)c2cccc(Cl)c12. The summed E-state index contributed by atoms with van der Waals surface area (Å²) in [6.07, 6.45) is 24.1. The number of hydrogen-bond donors (Lipinski definition) is 6. The lowest BCUT2D eigenvalue weighted by Crippen LogP contribution is -2.50. The summed E-state index contributed by atoms with van der Waals surface area (Å²) in [6, 6.07) is 23.8. The number of amides is 4. The van der Waals surface area contributed by atoms with Crippen molar-refractivity contribution in [3.05, 3.63) is 140 Å². The molecule has 4 aromatic carbocycles. The van der Waals surface area contributed by atoms with Crippen molar-refractivity contribution in [2.75, 3.05) is 79.0 Å². The number of nitrogens with one attached hydrogen (secondary N) is 4. The maximum Gasteiger partial charge on any atom is 0.253 e. The molecule has 0 radical (unpaired) electrons. The Bertz CT molecular complexity index is 4630. The van der Waals surface area contributed by atoms with Gasteiger partial charge in [-0.15, -0.1) is 0 Å². The molecule has 8 unspecified atom stereocenters. The van der Waals surface area contributed by atoms with Gasteiger partial charge in [0.25, 0.3) is 23.6 Å². The standard InChI is InChI=1S/C22H28ClFN2O3.C22H29ClN2O2.C21H26ClFN2O3.C21H25ClN2O2/c1-14-10-22(28,8-7-21(14,2)24)13-25-20(27)16-11-26(15-6-9-29-12-15)18-5-3-4-17(23)19(16)18;1-22(2,15-6-3-4-7-15)14-24-21(26)17-12-25(16-10-11-27-13-16)19-9-5-8-18(23)20(17)19;1-20(23)6-8-21(27,9-7-20)13-24-19(26)15-11-25(14-5-10-28-12-14)17-4-2-3-16(22)18(15)17;22-18-2-1-3-19-20(18)17(11-24(19)16-6-7-26-12-16)21(25)23-10-15-9-13-4-5-14(15)8-13/h3-5,11,14-15,28H,6-10,12-13H2,1-2H3,(H,25,27);5,8-9,12,15-16H,3-4,6-7,10-11,13-14H2,1-2H3,(H,24,26);2-4,11,14,27H,5-10,12-13H2,1H3,(H,24,26);1-3,11,13-16H,4-10,12H2,(H,23,25)/t;;;13-,14+,15?,16?/m...1/s1. The molecule has 8 heterocycles. The number of nitrogens with zero attached hydrogens (tertiary/aromatic N) is 4. The van der Waals surface area contributed by atoms with Crippen LogP contribution in [0, 0.1) is 35.0 Å². The minimum atomic E-state index is -1.28. The quantitative estimate of drug-likeness (QED) is 0.0507. The highest BCUT2D eigenvalue weighted by Gasteiger charge is 2.46. The summed E-state index contributed by atoms with van der Waals surface area (Å²) < 4.78 is 59.0. The third-order valence-corrected chi connectivity index (χ3v) is 27.4. The first-order chi connectivity index (χ1) is 52.7. The number of halogens is 6. The Labute approximate surface area is 663 Å². The van der Waals surface area contributed by atoms with E-state index < -0.39 is 22.5 Å². The third kappa shape index (κ3) is 17.5. The third-order valence-electron chi connectivity index (χ3n) is 26.2. The van der Waals surface area contributed by atoms with Crippen LogP contribution in [0.15, 0.2) is 97.6 Å². The summed E-state index contributed by atoms with van der Waals surface area (Å²) in [5.41, 5.74) is 1.62. The lowest BCUT2D eigenvalue weighted by molar-refractivity contribution is -0.0680. The molecule has 4 saturated heterocycles. The number of benzene rings is 4. The van der Waals surface area contributed by atoms with Crippen LogP contribution in [0.2, 0.25) is 20.1 Å². The fourth-order valence-corrected chi connectivity index (χ4v) is 20.1. The molecular formula is C86H108Cl4F2N8O10. The lowest BCUT2D eigenvalue weighted by Gasteiger charge is -2.42. The monoisotopic (exact) mass is 1590 g/mol. The van der Waals surface area contributed by atoms with Crippen molar-refractivity contribution in [1.29, 1.82) is 0 Å². The number of alkyl halides is 2. The molecule has 0 spiro atoms. The first kappa shape index (κ1) is 80.3. The van der Waals surface area contributed by atoms with E-state index in [1.165, 1.54) is 51.4 Å². The minimum absolute atomic E-state index is 0.00328. The van der Waals surface area contributed by atoms with Gasteiger partial charge in [-0.1, -0.05) is 111 Å². The van der Waals surface area contributed by atoms with Crippen molar-refractivity contribution in [3.63, 3.8) is 0 Å². The molecule has 2 bridgehead atoms. The number of rotatable bonds is 17. The molecule has 4 aromatic heterocycles. The zero-order valence-electron chi connectivity index (χ0n) is 64.1. The van der Waals surface area contributed by atoms with Gasteiger partial charge in [-0.2, -0.15) is 0 Å². The van der Waals surface area contributed by atoms with E-state index in [9.17, 15) is 38.2 Å². The van der Waals surface area contributed by atoms with Crippen LogP contribution in [0.3, 0.4) is 0 Å². The van der Waals surface area contributed by atoms with Gasteiger partial charge in [0.2, 0.25) is 0 Å². The van der Waals surface area contributed by atoms with Crippen molar-refractivity contribution >= 4 is 114 Å². The van der Waals surface area contributed by atoms with Crippen LogP contribution < -0.4 is 21.3 Å². The first-order valence-corrected chi connectivity index (χ1v) is 41.6. The number of aromatic nitrogens is 4. The Morgan fingerprint density at radius 2 is 0.864 bits per heavy atom. The maximum absolute atomic E-state index is 14.4. The molecule has 18 nitrogen and oxygen atoms in total. The van der Waals surface area contributed by atoms with E-state index in [2.05, 4.69) is 53.4 Å². The number of ether oxygens (including phenoxy) is 4. The van der Waals surface area contributed by atoms with Crippen LogP contribution in [0.5, 0.6) is 0 Å². The van der Waals surface area contributed by atoms with Gasteiger partial charge in [-0.3, -0.25) is 19.2 Å². The fourth-order valence-electron chi connectivity index (χ4n) is 19.0. The number of carbonyl (C=O) groups excluding carboxylic acids is 4. The topological polar surface area (TPSA) is 214 Å². The molecule has 10 atom stereocenters. The summed E-state index contributed by atoms with van der Waals surface area (Å²) in [7, 11) is 0. The van der Waals surface area contributed by atoms with E-state index in [1.807, 2.05) is 92.4 Å². The van der Waals surface area contributed by atoms with Gasteiger partial charge in [0.05, 0.1) is 126 Å². The molecular weight excluding hydrogens is 1480 g/mol. The molecule has 5 aliphatic carbocycles. The highest BCUT2D eigenvalue weighted by molar-refractivity contribution is 6.38. The molecule has 6 N–H and O–H groups in total. The second-order valence-corrected chi connectivity index (χ2v) is 35.9. The highest BCUT2D eigenvalue weighted by Crippen LogP contribution is 2.49. The first-order valence-electron chi connectivity index (χ1n) is 40.1. The molecule has 24 heteroatoms. The summed E-state index contributed by atoms with van der Waals surface area (Å²) in [4.78, 5) is 52.1. The van der Waals surface area contributed by atoms with Gasteiger partial charge < -0.3 is 68.7 Å². The molecule has 594 valence electrons. The van der Waals surface area contributed by atoms with E-state index in [1.54, 1.807) is 26.0 Å². The predicted octanol–water partition coefficient (Wildman–Crippen LogP) is 17.9. The Morgan fingerprint density at radius 3 is 1.22 bits per heavy atom. The summed E-state index contributed by atoms with van der Waals surface area (Å²) in [5, 5.41) is 39.2. The molecule has 4 amide bonds. The van der Waals surface area contributed by atoms with E-state index in [4.69, 9.17) is 65.4 Å². The van der Waals surface area contributed by atoms with Crippen molar-refractivity contribution in [2.24, 2.45) is 35.0 Å². The fraction of sp³-hybridized carbons (Fsp3) is 0.581. The molecule has 5 saturated carbocycles. The molecule has 4 aliphatic heterocycles. The number of fused-ring (bicyclic) bond motifs is 6. The average Bonchev–Trinajstić information content (AvgIpc) is 1.64. The van der Waals surface area contributed by atoms with E-state index >= 15 is 0 Å². The molecule has 110 heavy (non-hydrogen) atoms. The van der Waals surface area contributed by atoms with Gasteiger partial charge in [0.1, 0.15) is 11.3 Å². The highest BCUT2D eigenvalue weighted by atomic mass is 35.5. The van der Waals surface area contributed by atoms with E-state index in [0.29, 0.717) is 150 Å². The number of aliphatic hydroxyl groups is 2. The smallest absolute Gasteiger partial charge is 0.253 e. The molecule has 17 rings (SSSR count). The predicted molar refractivity (Wildman–Crippen MR) is 430 cm³/mol. The molecule has 9 fully saturated rings. The molecule has 9 aliphatic rings. The van der Waals surface area contributed by atoms with Gasteiger partial charge in [-0.05, 0) is 200 Å². The summed E-state index contributed by atoms with van der Waals surface area (Å²) >= 11 is 25.8. The van der Waals surface area contributed by atoms with Crippen LogP contribution in [0.4, 0.5) is 8.78 Å². The summed E-state index contributed by atoms with van der Waals surface area (Å²) in [5.74, 6) is 2.22. The normalized spacial score (nSPS) is 28.8. The van der Waals surface area contributed by atoms with Gasteiger partial charge in [0.15, 0.2) is 0 Å². The lowest BCUT2D eigenvalue weighted by atomic mass is 9.71. The largest absolute Gasteiger partial charge is 0.388 e. The minimum Gasteiger partial charge on any atom is -0.388 e. The van der Waals surface area contributed by atoms with E-state index in [-0.39, 0.29) is 78.6 Å². The zero-order chi connectivity index (χ0) is 77.4. The molecule has 8 aromatic rings. The van der Waals surface area contributed by atoms with Crippen molar-refractivity contribution < 1.29 is 57.1 Å².